The van der Waals surface area contributed by atoms with Gasteiger partial charge in [-0.05, 0) is 35.7 Å². The molecule has 0 radical (unpaired) electrons. The van der Waals surface area contributed by atoms with Gasteiger partial charge in [-0.1, -0.05) is 41.9 Å². The molecule has 0 spiro atoms. The largest absolute Gasteiger partial charge is 0.473 e. The maximum absolute atomic E-state index is 12.4. The molecule has 0 saturated carbocycles. The molecule has 0 aliphatic carbocycles. The Morgan fingerprint density at radius 1 is 0.885 bits per heavy atom. The van der Waals surface area contributed by atoms with Gasteiger partial charge in [0.1, 0.15) is 11.3 Å². The SMILES string of the molecule is O=c1oc2c3c(ccc2c2ccccc12)OCN(c1ccccc1Cl)C3. The first-order valence-electron chi connectivity index (χ1n) is 8.32. The first-order chi connectivity index (χ1) is 12.7. The van der Waals surface area contributed by atoms with E-state index in [1.807, 2.05) is 59.5 Å². The molecule has 1 aliphatic heterocycles. The standard InChI is InChI=1S/C21H14ClNO3/c22-17-7-3-4-8-18(17)23-11-16-19(25-12-23)10-9-14-13-5-1-2-6-15(13)21(24)26-20(14)16/h1-10H,11-12H2. The average Bonchev–Trinajstić information content (AvgIpc) is 2.68. The van der Waals surface area contributed by atoms with Gasteiger partial charge in [0.05, 0.1) is 28.2 Å². The highest BCUT2D eigenvalue weighted by atomic mass is 35.5. The monoisotopic (exact) mass is 363 g/mol. The fourth-order valence-corrected chi connectivity index (χ4v) is 3.77. The zero-order chi connectivity index (χ0) is 17.7. The fraction of sp³-hybridized carbons (Fsp3) is 0.0952. The smallest absolute Gasteiger partial charge is 0.344 e. The molecular formula is C21H14ClNO3. The van der Waals surface area contributed by atoms with Gasteiger partial charge in [-0.25, -0.2) is 4.79 Å². The minimum Gasteiger partial charge on any atom is -0.473 e. The molecule has 5 heteroatoms. The second-order valence-electron chi connectivity index (χ2n) is 6.28. The molecule has 0 bridgehead atoms. The molecule has 0 N–H and O–H groups in total. The van der Waals surface area contributed by atoms with Crippen molar-refractivity contribution in [3.63, 3.8) is 0 Å². The van der Waals surface area contributed by atoms with Crippen LogP contribution in [-0.2, 0) is 6.54 Å². The van der Waals surface area contributed by atoms with Gasteiger partial charge in [-0.15, -0.1) is 0 Å². The Hall–Kier alpha value is -2.98. The Balaban J connectivity index is 1.73. The molecule has 2 heterocycles. The van der Waals surface area contributed by atoms with E-state index < -0.39 is 0 Å². The van der Waals surface area contributed by atoms with Gasteiger partial charge in [0.2, 0.25) is 0 Å². The Morgan fingerprint density at radius 3 is 2.50 bits per heavy atom. The van der Waals surface area contributed by atoms with Crippen LogP contribution in [-0.4, -0.2) is 6.73 Å². The van der Waals surface area contributed by atoms with Gasteiger partial charge in [-0.2, -0.15) is 0 Å². The Morgan fingerprint density at radius 2 is 1.65 bits per heavy atom. The van der Waals surface area contributed by atoms with Crippen LogP contribution in [0.25, 0.3) is 21.7 Å². The number of hydrogen-bond donors (Lipinski definition) is 0. The Bertz CT molecular complexity index is 1210. The summed E-state index contributed by atoms with van der Waals surface area (Å²) in [7, 11) is 0. The Kier molecular flexibility index (Phi) is 3.40. The predicted molar refractivity (Wildman–Crippen MR) is 103 cm³/mol. The summed E-state index contributed by atoms with van der Waals surface area (Å²) < 4.78 is 11.6. The second kappa shape index (κ2) is 5.78. The number of fused-ring (bicyclic) bond motifs is 5. The lowest BCUT2D eigenvalue weighted by Crippen LogP contribution is -2.32. The third-order valence-electron chi connectivity index (χ3n) is 4.77. The molecule has 1 aliphatic rings. The van der Waals surface area contributed by atoms with Crippen molar-refractivity contribution >= 4 is 39.0 Å². The topological polar surface area (TPSA) is 42.7 Å². The number of hydrogen-bond acceptors (Lipinski definition) is 4. The average molecular weight is 364 g/mol. The quantitative estimate of drug-likeness (QED) is 0.354. The molecule has 4 nitrogen and oxygen atoms in total. The van der Waals surface area contributed by atoms with Crippen molar-refractivity contribution < 1.29 is 9.15 Å². The van der Waals surface area contributed by atoms with Crippen molar-refractivity contribution in [2.45, 2.75) is 6.54 Å². The maximum Gasteiger partial charge on any atom is 0.344 e. The number of halogens is 1. The Labute approximate surface area is 154 Å². The molecule has 5 rings (SSSR count). The maximum atomic E-state index is 12.4. The van der Waals surface area contributed by atoms with Crippen molar-refractivity contribution in [3.05, 3.63) is 81.7 Å². The highest BCUT2D eigenvalue weighted by Crippen LogP contribution is 2.37. The van der Waals surface area contributed by atoms with E-state index >= 15 is 0 Å². The third-order valence-corrected chi connectivity index (χ3v) is 5.09. The van der Waals surface area contributed by atoms with E-state index in [4.69, 9.17) is 20.8 Å². The summed E-state index contributed by atoms with van der Waals surface area (Å²) in [6.07, 6.45) is 0. The van der Waals surface area contributed by atoms with Crippen LogP contribution in [0, 0.1) is 0 Å². The zero-order valence-electron chi connectivity index (χ0n) is 13.7. The van der Waals surface area contributed by atoms with Gasteiger partial charge >= 0.3 is 5.63 Å². The molecule has 0 amide bonds. The summed E-state index contributed by atoms with van der Waals surface area (Å²) in [5, 5.41) is 3.03. The number of nitrogens with zero attached hydrogens (tertiary/aromatic N) is 1. The molecule has 1 aromatic heterocycles. The van der Waals surface area contributed by atoms with Crippen molar-refractivity contribution in [1.29, 1.82) is 0 Å². The summed E-state index contributed by atoms with van der Waals surface area (Å²) in [6.45, 7) is 0.942. The normalized spacial score (nSPS) is 13.7. The van der Waals surface area contributed by atoms with Crippen molar-refractivity contribution in [3.8, 4) is 5.75 Å². The van der Waals surface area contributed by atoms with Crippen LogP contribution in [0.4, 0.5) is 5.69 Å². The predicted octanol–water partition coefficient (Wildman–Crippen LogP) is 4.96. The van der Waals surface area contributed by atoms with E-state index in [0.717, 1.165) is 27.8 Å². The summed E-state index contributed by atoms with van der Waals surface area (Å²) >= 11 is 6.34. The summed E-state index contributed by atoms with van der Waals surface area (Å²) in [5.41, 5.74) is 1.98. The van der Waals surface area contributed by atoms with Gasteiger partial charge in [0.15, 0.2) is 6.73 Å². The lowest BCUT2D eigenvalue weighted by atomic mass is 10.0. The van der Waals surface area contributed by atoms with Crippen LogP contribution in [0.1, 0.15) is 5.56 Å². The van der Waals surface area contributed by atoms with Gasteiger partial charge in [0, 0.05) is 5.39 Å². The molecule has 0 saturated heterocycles. The highest BCUT2D eigenvalue weighted by molar-refractivity contribution is 6.33. The van der Waals surface area contributed by atoms with Crippen LogP contribution in [0.2, 0.25) is 5.02 Å². The van der Waals surface area contributed by atoms with Crippen LogP contribution in [0.5, 0.6) is 5.75 Å². The van der Waals surface area contributed by atoms with Gasteiger partial charge in [-0.3, -0.25) is 0 Å². The van der Waals surface area contributed by atoms with Gasteiger partial charge < -0.3 is 14.1 Å². The number of rotatable bonds is 1. The minimum absolute atomic E-state index is 0.337. The summed E-state index contributed by atoms with van der Waals surface area (Å²) in [5.74, 6) is 0.735. The lowest BCUT2D eigenvalue weighted by Gasteiger charge is -2.31. The molecule has 3 aromatic carbocycles. The molecular weight excluding hydrogens is 350 g/mol. The molecule has 0 atom stereocenters. The lowest BCUT2D eigenvalue weighted by molar-refractivity contribution is 0.289. The molecule has 128 valence electrons. The van der Waals surface area contributed by atoms with Crippen molar-refractivity contribution in [2.75, 3.05) is 11.6 Å². The number of para-hydroxylation sites is 1. The van der Waals surface area contributed by atoms with Crippen LogP contribution >= 0.6 is 11.6 Å². The van der Waals surface area contributed by atoms with E-state index in [-0.39, 0.29) is 5.63 Å². The summed E-state index contributed by atoms with van der Waals surface area (Å²) in [4.78, 5) is 14.5. The van der Waals surface area contributed by atoms with Crippen LogP contribution < -0.4 is 15.3 Å². The summed E-state index contributed by atoms with van der Waals surface area (Å²) in [6, 6.07) is 19.0. The van der Waals surface area contributed by atoms with Crippen molar-refractivity contribution in [1.82, 2.24) is 0 Å². The number of ether oxygens (including phenoxy) is 1. The molecule has 4 aromatic rings. The first-order valence-corrected chi connectivity index (χ1v) is 8.70. The molecule has 26 heavy (non-hydrogen) atoms. The number of benzene rings is 3. The molecule has 0 unspecified atom stereocenters. The highest BCUT2D eigenvalue weighted by Gasteiger charge is 2.23. The minimum atomic E-state index is -0.337. The van der Waals surface area contributed by atoms with Crippen LogP contribution in [0.15, 0.2) is 69.9 Å². The van der Waals surface area contributed by atoms with E-state index in [1.54, 1.807) is 6.07 Å². The van der Waals surface area contributed by atoms with Crippen LogP contribution in [0.3, 0.4) is 0 Å². The van der Waals surface area contributed by atoms with E-state index in [2.05, 4.69) is 0 Å². The van der Waals surface area contributed by atoms with E-state index in [0.29, 0.717) is 29.3 Å². The second-order valence-corrected chi connectivity index (χ2v) is 6.68. The van der Waals surface area contributed by atoms with Crippen molar-refractivity contribution in [2.24, 2.45) is 0 Å². The fourth-order valence-electron chi connectivity index (χ4n) is 3.51. The zero-order valence-corrected chi connectivity index (χ0v) is 14.5. The van der Waals surface area contributed by atoms with Gasteiger partial charge in [0.25, 0.3) is 0 Å². The molecule has 0 fully saturated rings. The third kappa shape index (κ3) is 2.26. The number of anilines is 1. The van der Waals surface area contributed by atoms with E-state index in [9.17, 15) is 4.79 Å². The first kappa shape index (κ1) is 15.3. The van der Waals surface area contributed by atoms with E-state index in [1.165, 1.54) is 0 Å².